The molecule has 5 heteroatoms. The molecule has 0 amide bonds. The Bertz CT molecular complexity index is 799. The Labute approximate surface area is 155 Å². The summed E-state index contributed by atoms with van der Waals surface area (Å²) in [6.07, 6.45) is 4.43. The summed E-state index contributed by atoms with van der Waals surface area (Å²) < 4.78 is 13.6. The van der Waals surface area contributed by atoms with Crippen LogP contribution in [0.25, 0.3) is 0 Å². The molecule has 26 heavy (non-hydrogen) atoms. The molecule has 1 saturated heterocycles. The molecule has 0 bridgehead atoms. The maximum atomic E-state index is 6.14. The average Bonchev–Trinajstić information content (AvgIpc) is 3.18. The van der Waals surface area contributed by atoms with Crippen LogP contribution in [0.2, 0.25) is 0 Å². The van der Waals surface area contributed by atoms with Crippen LogP contribution in [-0.2, 0) is 24.6 Å². The van der Waals surface area contributed by atoms with Crippen molar-refractivity contribution in [3.8, 4) is 5.75 Å². The van der Waals surface area contributed by atoms with Crippen LogP contribution in [-0.4, -0.2) is 35.6 Å². The highest BCUT2D eigenvalue weighted by molar-refractivity contribution is 5.42. The van der Waals surface area contributed by atoms with Crippen molar-refractivity contribution in [2.75, 3.05) is 13.7 Å². The van der Waals surface area contributed by atoms with E-state index in [9.17, 15) is 0 Å². The van der Waals surface area contributed by atoms with Gasteiger partial charge in [-0.25, -0.2) is 0 Å². The molecule has 4 rings (SSSR count). The molecule has 2 heterocycles. The van der Waals surface area contributed by atoms with Crippen molar-refractivity contribution in [3.63, 3.8) is 0 Å². The topological polar surface area (TPSA) is 48.3 Å². The van der Waals surface area contributed by atoms with Crippen molar-refractivity contribution in [3.05, 3.63) is 46.3 Å². The first kappa shape index (κ1) is 17.6. The molecule has 2 aromatic rings. The van der Waals surface area contributed by atoms with E-state index < -0.39 is 0 Å². The lowest BCUT2D eigenvalue weighted by Crippen LogP contribution is -2.43. The van der Waals surface area contributed by atoms with Gasteiger partial charge in [-0.2, -0.15) is 5.10 Å². The van der Waals surface area contributed by atoms with Crippen molar-refractivity contribution in [2.45, 2.75) is 57.7 Å². The van der Waals surface area contributed by atoms with E-state index in [1.54, 1.807) is 7.11 Å². The van der Waals surface area contributed by atoms with Gasteiger partial charge in [0.2, 0.25) is 0 Å². The van der Waals surface area contributed by atoms with E-state index >= 15 is 0 Å². The number of aromatic nitrogens is 2. The molecule has 0 spiro atoms. The van der Waals surface area contributed by atoms with Crippen molar-refractivity contribution < 1.29 is 9.47 Å². The Morgan fingerprint density at radius 3 is 2.85 bits per heavy atom. The van der Waals surface area contributed by atoms with E-state index in [-0.39, 0.29) is 6.10 Å². The molecule has 1 unspecified atom stereocenters. The zero-order valence-electron chi connectivity index (χ0n) is 16.2. The van der Waals surface area contributed by atoms with Gasteiger partial charge in [0, 0.05) is 37.0 Å². The van der Waals surface area contributed by atoms with Crippen LogP contribution in [0.5, 0.6) is 5.75 Å². The standard InChI is InChI=1S/C21H29N3O2/c1-13-20(14(2)24(3)23-13)21-18(10-11-26-21)22-16-8-9-17-15(12-16)6-5-7-19(17)25-4/h5-7,16,18,21-22H,8-12H2,1-4H3/t16?,18-,21-/m0/s1. The predicted molar refractivity (Wildman–Crippen MR) is 102 cm³/mol. The van der Waals surface area contributed by atoms with Gasteiger partial charge in [0.25, 0.3) is 0 Å². The number of nitrogens with one attached hydrogen (secondary N) is 1. The monoisotopic (exact) mass is 355 g/mol. The van der Waals surface area contributed by atoms with Crippen LogP contribution >= 0.6 is 0 Å². The minimum atomic E-state index is 0.107. The molecule has 3 atom stereocenters. The molecule has 140 valence electrons. The van der Waals surface area contributed by atoms with E-state index in [1.165, 1.54) is 22.4 Å². The Morgan fingerprint density at radius 2 is 2.12 bits per heavy atom. The van der Waals surface area contributed by atoms with Gasteiger partial charge >= 0.3 is 0 Å². The number of hydrogen-bond acceptors (Lipinski definition) is 4. The fourth-order valence-electron chi connectivity index (χ4n) is 4.65. The van der Waals surface area contributed by atoms with Gasteiger partial charge in [0.1, 0.15) is 11.9 Å². The van der Waals surface area contributed by atoms with Gasteiger partial charge in [0.05, 0.1) is 12.8 Å². The van der Waals surface area contributed by atoms with E-state index in [0.29, 0.717) is 12.1 Å². The first-order chi connectivity index (χ1) is 12.6. The van der Waals surface area contributed by atoms with Crippen molar-refractivity contribution in [2.24, 2.45) is 7.05 Å². The van der Waals surface area contributed by atoms with Crippen LogP contribution in [0, 0.1) is 13.8 Å². The highest BCUT2D eigenvalue weighted by Gasteiger charge is 2.35. The summed E-state index contributed by atoms with van der Waals surface area (Å²) in [4.78, 5) is 0. The number of nitrogens with zero attached hydrogens (tertiary/aromatic N) is 2. The largest absolute Gasteiger partial charge is 0.496 e. The lowest BCUT2D eigenvalue weighted by atomic mass is 9.86. The van der Waals surface area contributed by atoms with Gasteiger partial charge in [0.15, 0.2) is 0 Å². The van der Waals surface area contributed by atoms with Gasteiger partial charge in [-0.15, -0.1) is 0 Å². The second kappa shape index (κ2) is 7.05. The third-order valence-corrected chi connectivity index (χ3v) is 6.05. The lowest BCUT2D eigenvalue weighted by Gasteiger charge is -2.31. The highest BCUT2D eigenvalue weighted by Crippen LogP contribution is 2.35. The fourth-order valence-corrected chi connectivity index (χ4v) is 4.65. The average molecular weight is 355 g/mol. The Balaban J connectivity index is 1.50. The molecular formula is C21H29N3O2. The molecule has 1 aliphatic carbocycles. The van der Waals surface area contributed by atoms with Crippen LogP contribution < -0.4 is 10.1 Å². The third-order valence-electron chi connectivity index (χ3n) is 6.05. The predicted octanol–water partition coefficient (Wildman–Crippen LogP) is 3.02. The Kier molecular flexibility index (Phi) is 4.76. The second-order valence-electron chi connectivity index (χ2n) is 7.60. The molecule has 1 N–H and O–H groups in total. The molecule has 1 aromatic carbocycles. The summed E-state index contributed by atoms with van der Waals surface area (Å²) in [6.45, 7) is 5.04. The summed E-state index contributed by atoms with van der Waals surface area (Å²) in [5, 5.41) is 8.49. The van der Waals surface area contributed by atoms with Crippen LogP contribution in [0.15, 0.2) is 18.2 Å². The Hall–Kier alpha value is -1.85. The SMILES string of the molecule is COc1cccc2c1CCC(N[C@H]1CCO[C@@H]1c1c(C)nn(C)c1C)C2. The fraction of sp³-hybridized carbons (Fsp3) is 0.571. The first-order valence-electron chi connectivity index (χ1n) is 9.61. The molecule has 0 radical (unpaired) electrons. The van der Waals surface area contributed by atoms with Gasteiger partial charge in [-0.1, -0.05) is 12.1 Å². The summed E-state index contributed by atoms with van der Waals surface area (Å²) >= 11 is 0. The highest BCUT2D eigenvalue weighted by atomic mass is 16.5. The normalized spacial score (nSPS) is 25.3. The van der Waals surface area contributed by atoms with Crippen molar-refractivity contribution in [1.29, 1.82) is 0 Å². The molecule has 5 nitrogen and oxygen atoms in total. The van der Waals surface area contributed by atoms with E-state index in [1.807, 2.05) is 11.7 Å². The summed E-state index contributed by atoms with van der Waals surface area (Å²) in [7, 11) is 3.77. The molecule has 2 aliphatic rings. The molecule has 1 aromatic heterocycles. The van der Waals surface area contributed by atoms with Crippen molar-refractivity contribution in [1.82, 2.24) is 15.1 Å². The minimum absolute atomic E-state index is 0.107. The number of hydrogen-bond donors (Lipinski definition) is 1. The van der Waals surface area contributed by atoms with Crippen LogP contribution in [0.4, 0.5) is 0 Å². The second-order valence-corrected chi connectivity index (χ2v) is 7.60. The van der Waals surface area contributed by atoms with Gasteiger partial charge < -0.3 is 14.8 Å². The van der Waals surface area contributed by atoms with Crippen molar-refractivity contribution >= 4 is 0 Å². The minimum Gasteiger partial charge on any atom is -0.496 e. The number of methoxy groups -OCH3 is 1. The quantitative estimate of drug-likeness (QED) is 0.916. The first-order valence-corrected chi connectivity index (χ1v) is 9.61. The zero-order valence-corrected chi connectivity index (χ0v) is 16.2. The van der Waals surface area contributed by atoms with E-state index in [2.05, 4.69) is 42.5 Å². The number of rotatable bonds is 4. The van der Waals surface area contributed by atoms with Crippen LogP contribution in [0.3, 0.4) is 0 Å². The maximum absolute atomic E-state index is 6.14. The molecule has 1 aliphatic heterocycles. The maximum Gasteiger partial charge on any atom is 0.122 e. The van der Waals surface area contributed by atoms with Gasteiger partial charge in [-0.3, -0.25) is 4.68 Å². The molecule has 1 fully saturated rings. The van der Waals surface area contributed by atoms with E-state index in [4.69, 9.17) is 9.47 Å². The van der Waals surface area contributed by atoms with E-state index in [0.717, 1.165) is 43.7 Å². The molecular weight excluding hydrogens is 326 g/mol. The van der Waals surface area contributed by atoms with Gasteiger partial charge in [-0.05, 0) is 56.7 Å². The summed E-state index contributed by atoms with van der Waals surface area (Å²) in [5.74, 6) is 1.03. The Morgan fingerprint density at radius 1 is 1.27 bits per heavy atom. The third kappa shape index (κ3) is 3.03. The van der Waals surface area contributed by atoms with Crippen LogP contribution in [0.1, 0.15) is 47.0 Å². The zero-order chi connectivity index (χ0) is 18.3. The molecule has 0 saturated carbocycles. The number of aryl methyl sites for hydroxylation is 2. The lowest BCUT2D eigenvalue weighted by molar-refractivity contribution is 0.0947. The number of ether oxygens (including phenoxy) is 2. The summed E-state index contributed by atoms with van der Waals surface area (Å²) in [5.41, 5.74) is 6.35. The smallest absolute Gasteiger partial charge is 0.122 e. The number of fused-ring (bicyclic) bond motifs is 1. The summed E-state index contributed by atoms with van der Waals surface area (Å²) in [6, 6.07) is 7.25. The number of benzene rings is 1.